The molecule has 4 atom stereocenters. The highest BCUT2D eigenvalue weighted by Crippen LogP contribution is 2.40. The minimum Gasteiger partial charge on any atom is -0.324 e. The molecule has 114 valence electrons. The second-order valence-electron chi connectivity index (χ2n) is 6.51. The van der Waals surface area contributed by atoms with E-state index < -0.39 is 0 Å². The second kappa shape index (κ2) is 5.92. The summed E-state index contributed by atoms with van der Waals surface area (Å²) < 4.78 is 3.47. The van der Waals surface area contributed by atoms with Crippen molar-refractivity contribution in [2.75, 3.05) is 0 Å². The lowest BCUT2D eigenvalue weighted by molar-refractivity contribution is 0.211. The van der Waals surface area contributed by atoms with E-state index in [2.05, 4.69) is 52.5 Å². The molecule has 4 heteroatoms. The maximum absolute atomic E-state index is 6.41. The second-order valence-corrected chi connectivity index (χ2v) is 8.08. The first-order chi connectivity index (χ1) is 9.97. The molecule has 21 heavy (non-hydrogen) atoms. The highest BCUT2D eigenvalue weighted by atomic mass is 79.9. The summed E-state index contributed by atoms with van der Waals surface area (Å²) >= 11 is 9.94. The van der Waals surface area contributed by atoms with Crippen molar-refractivity contribution < 1.29 is 0 Å². The van der Waals surface area contributed by atoms with Crippen LogP contribution in [0, 0.1) is 11.8 Å². The monoisotopic (exact) mass is 368 g/mol. The smallest absolute Gasteiger partial charge is 0.127 e. The van der Waals surface area contributed by atoms with E-state index in [9.17, 15) is 0 Å². The van der Waals surface area contributed by atoms with Gasteiger partial charge < -0.3 is 4.57 Å². The summed E-state index contributed by atoms with van der Waals surface area (Å²) in [4.78, 5) is 4.79. The summed E-state index contributed by atoms with van der Waals surface area (Å²) in [5, 5.41) is -0.0640. The molecule has 1 saturated carbocycles. The van der Waals surface area contributed by atoms with E-state index in [0.717, 1.165) is 27.6 Å². The van der Waals surface area contributed by atoms with Crippen molar-refractivity contribution in [3.05, 3.63) is 28.5 Å². The third kappa shape index (κ3) is 2.87. The number of nitrogens with zero attached hydrogens (tertiary/aromatic N) is 2. The Morgan fingerprint density at radius 3 is 2.71 bits per heavy atom. The Morgan fingerprint density at radius 2 is 2.05 bits per heavy atom. The number of imidazole rings is 1. The van der Waals surface area contributed by atoms with Gasteiger partial charge in [-0.25, -0.2) is 4.98 Å². The Bertz CT molecular complexity index is 650. The summed E-state index contributed by atoms with van der Waals surface area (Å²) in [5.41, 5.74) is 2.26. The first-order valence-electron chi connectivity index (χ1n) is 7.78. The zero-order chi connectivity index (χ0) is 15.1. The number of rotatable bonds is 2. The molecule has 1 aromatic heterocycles. The molecule has 2 nitrogen and oxygen atoms in total. The Morgan fingerprint density at radius 1 is 1.29 bits per heavy atom. The molecule has 3 rings (SSSR count). The Kier molecular flexibility index (Phi) is 4.33. The van der Waals surface area contributed by atoms with Crippen molar-refractivity contribution in [3.63, 3.8) is 0 Å². The zero-order valence-corrected chi connectivity index (χ0v) is 15.2. The van der Waals surface area contributed by atoms with Gasteiger partial charge in [0.2, 0.25) is 0 Å². The maximum Gasteiger partial charge on any atom is 0.127 e. The molecule has 2 aromatic rings. The van der Waals surface area contributed by atoms with Gasteiger partial charge in [-0.05, 0) is 56.2 Å². The van der Waals surface area contributed by atoms with Gasteiger partial charge in [-0.3, -0.25) is 0 Å². The van der Waals surface area contributed by atoms with Crippen molar-refractivity contribution in [1.82, 2.24) is 9.55 Å². The van der Waals surface area contributed by atoms with Gasteiger partial charge in [-0.15, -0.1) is 11.6 Å². The Balaban J connectivity index is 2.09. The van der Waals surface area contributed by atoms with Gasteiger partial charge >= 0.3 is 0 Å². The normalized spacial score (nSPS) is 28.0. The van der Waals surface area contributed by atoms with Crippen molar-refractivity contribution in [1.29, 1.82) is 0 Å². The molecule has 0 saturated heterocycles. The van der Waals surface area contributed by atoms with Crippen LogP contribution in [0.1, 0.15) is 57.3 Å². The Hall–Kier alpha value is -0.540. The van der Waals surface area contributed by atoms with E-state index in [1.54, 1.807) is 0 Å². The summed E-state index contributed by atoms with van der Waals surface area (Å²) in [5.74, 6) is 2.59. The molecule has 1 heterocycles. The lowest BCUT2D eigenvalue weighted by atomic mass is 9.79. The van der Waals surface area contributed by atoms with Crippen LogP contribution in [0.2, 0.25) is 0 Å². The van der Waals surface area contributed by atoms with Crippen LogP contribution in [-0.4, -0.2) is 9.55 Å². The summed E-state index contributed by atoms with van der Waals surface area (Å²) in [7, 11) is 0. The first-order valence-corrected chi connectivity index (χ1v) is 9.01. The largest absolute Gasteiger partial charge is 0.324 e. The van der Waals surface area contributed by atoms with Crippen molar-refractivity contribution in [2.45, 2.75) is 51.5 Å². The number of hydrogen-bond donors (Lipinski definition) is 0. The topological polar surface area (TPSA) is 17.8 Å². The highest BCUT2D eigenvalue weighted by Gasteiger charge is 2.29. The standard InChI is InChI=1S/C17H22BrClN2/c1-10-4-6-14(8-11(10)2)21-16-7-5-13(18)9-15(16)20-17(21)12(3)19/h5,7,9-12,14H,4,6,8H2,1-3H3. The van der Waals surface area contributed by atoms with Crippen molar-refractivity contribution >= 4 is 38.6 Å². The van der Waals surface area contributed by atoms with Crippen LogP contribution >= 0.6 is 27.5 Å². The quantitative estimate of drug-likeness (QED) is 0.585. The van der Waals surface area contributed by atoms with Crippen LogP contribution in [0.3, 0.4) is 0 Å². The van der Waals surface area contributed by atoms with Gasteiger partial charge in [-0.2, -0.15) is 0 Å². The molecule has 0 amide bonds. The number of aromatic nitrogens is 2. The average molecular weight is 370 g/mol. The fourth-order valence-electron chi connectivity index (χ4n) is 3.51. The molecular formula is C17H22BrClN2. The number of halogens is 2. The van der Waals surface area contributed by atoms with Crippen LogP contribution < -0.4 is 0 Å². The van der Waals surface area contributed by atoms with E-state index in [-0.39, 0.29) is 5.38 Å². The van der Waals surface area contributed by atoms with Crippen molar-refractivity contribution in [3.8, 4) is 0 Å². The molecule has 0 radical (unpaired) electrons. The number of fused-ring (bicyclic) bond motifs is 1. The predicted molar refractivity (Wildman–Crippen MR) is 92.9 cm³/mol. The van der Waals surface area contributed by atoms with Gasteiger partial charge in [-0.1, -0.05) is 29.8 Å². The van der Waals surface area contributed by atoms with Crippen LogP contribution in [0.4, 0.5) is 0 Å². The van der Waals surface area contributed by atoms with E-state index in [4.69, 9.17) is 16.6 Å². The van der Waals surface area contributed by atoms with Gasteiger partial charge in [0.05, 0.1) is 16.4 Å². The minimum absolute atomic E-state index is 0.0640. The van der Waals surface area contributed by atoms with E-state index in [1.807, 2.05) is 6.92 Å². The third-order valence-corrected chi connectivity index (χ3v) is 5.66. The van der Waals surface area contributed by atoms with Gasteiger partial charge in [0.15, 0.2) is 0 Å². The van der Waals surface area contributed by atoms with Crippen LogP contribution in [0.5, 0.6) is 0 Å². The zero-order valence-electron chi connectivity index (χ0n) is 12.8. The summed E-state index contributed by atoms with van der Waals surface area (Å²) in [6.07, 6.45) is 3.74. The van der Waals surface area contributed by atoms with Crippen LogP contribution in [0.15, 0.2) is 22.7 Å². The summed E-state index contributed by atoms with van der Waals surface area (Å²) in [6, 6.07) is 6.87. The molecule has 4 unspecified atom stereocenters. The minimum atomic E-state index is -0.0640. The molecule has 1 aromatic carbocycles. The van der Waals surface area contributed by atoms with E-state index in [1.165, 1.54) is 24.8 Å². The molecule has 0 bridgehead atoms. The molecule has 1 aliphatic rings. The van der Waals surface area contributed by atoms with Gasteiger partial charge in [0.25, 0.3) is 0 Å². The maximum atomic E-state index is 6.41. The average Bonchev–Trinajstić information content (AvgIpc) is 2.80. The first kappa shape index (κ1) is 15.4. The van der Waals surface area contributed by atoms with Crippen molar-refractivity contribution in [2.24, 2.45) is 11.8 Å². The molecule has 1 fully saturated rings. The lowest BCUT2D eigenvalue weighted by Gasteiger charge is -2.34. The number of alkyl halides is 1. The Labute approximate surface area is 140 Å². The third-order valence-electron chi connectivity index (χ3n) is 4.97. The highest BCUT2D eigenvalue weighted by molar-refractivity contribution is 9.10. The van der Waals surface area contributed by atoms with Gasteiger partial charge in [0, 0.05) is 10.5 Å². The molecular weight excluding hydrogens is 348 g/mol. The molecule has 0 N–H and O–H groups in total. The van der Waals surface area contributed by atoms with Gasteiger partial charge in [0.1, 0.15) is 5.82 Å². The lowest BCUT2D eigenvalue weighted by Crippen LogP contribution is -2.24. The van der Waals surface area contributed by atoms with Crippen LogP contribution in [0.25, 0.3) is 11.0 Å². The fourth-order valence-corrected chi connectivity index (χ4v) is 4.01. The fraction of sp³-hybridized carbons (Fsp3) is 0.588. The molecule has 1 aliphatic carbocycles. The SMILES string of the molecule is CC(Cl)c1nc2cc(Br)ccc2n1C1CCC(C)C(C)C1. The number of hydrogen-bond acceptors (Lipinski definition) is 1. The predicted octanol–water partition coefficient (Wildman–Crippen LogP) is 6.10. The molecule has 0 spiro atoms. The summed E-state index contributed by atoms with van der Waals surface area (Å²) in [6.45, 7) is 6.76. The number of benzene rings is 1. The van der Waals surface area contributed by atoms with Crippen LogP contribution in [-0.2, 0) is 0 Å². The van der Waals surface area contributed by atoms with E-state index >= 15 is 0 Å². The molecule has 0 aliphatic heterocycles. The van der Waals surface area contributed by atoms with E-state index in [0.29, 0.717) is 6.04 Å².